The lowest BCUT2D eigenvalue weighted by Gasteiger charge is -2.31. The van der Waals surface area contributed by atoms with Crippen LogP contribution in [0.15, 0.2) is 0 Å². The minimum absolute atomic E-state index is 0.0206. The third-order valence-electron chi connectivity index (χ3n) is 2.65. The van der Waals surface area contributed by atoms with Gasteiger partial charge in [0, 0.05) is 6.42 Å². The van der Waals surface area contributed by atoms with Crippen LogP contribution in [0.1, 0.15) is 26.7 Å². The van der Waals surface area contributed by atoms with Crippen LogP contribution in [-0.2, 0) is 9.53 Å². The number of aliphatic hydroxyl groups is 3. The van der Waals surface area contributed by atoms with Gasteiger partial charge in [0.25, 0.3) is 0 Å². The van der Waals surface area contributed by atoms with Gasteiger partial charge in [-0.2, -0.15) is 0 Å². The topological polar surface area (TPSA) is 123 Å². The molecular weight excluding hydrogens is 252 g/mol. The van der Waals surface area contributed by atoms with E-state index in [9.17, 15) is 4.79 Å². The Bertz CT molecular complexity index is 282. The van der Waals surface area contributed by atoms with Gasteiger partial charge < -0.3 is 30.8 Å². The van der Waals surface area contributed by atoms with Crippen molar-refractivity contribution in [2.45, 2.75) is 37.8 Å². The Hall–Kier alpha value is -1.02. The molecule has 0 saturated carbocycles. The Balaban J connectivity index is 4.39. The molecule has 0 spiro atoms. The van der Waals surface area contributed by atoms with Crippen molar-refractivity contribution in [3.8, 4) is 0 Å². The highest BCUT2D eigenvalue weighted by molar-refractivity contribution is 5.77. The summed E-state index contributed by atoms with van der Waals surface area (Å²) in [7, 11) is 0. The van der Waals surface area contributed by atoms with Crippen LogP contribution >= 0.6 is 0 Å². The predicted octanol–water partition coefficient (Wildman–Crippen LogP) is -0.957. The maximum Gasteiger partial charge on any atom is 0.223 e. The first-order valence-corrected chi connectivity index (χ1v) is 6.11. The first-order chi connectivity index (χ1) is 8.84. The van der Waals surface area contributed by atoms with Crippen molar-refractivity contribution >= 4 is 12.1 Å². The summed E-state index contributed by atoms with van der Waals surface area (Å²) in [6.45, 7) is 2.14. The molecule has 7 heteroatoms. The van der Waals surface area contributed by atoms with E-state index >= 15 is 0 Å². The van der Waals surface area contributed by atoms with E-state index in [1.807, 2.05) is 0 Å². The van der Waals surface area contributed by atoms with Crippen molar-refractivity contribution in [3.05, 3.63) is 0 Å². The third-order valence-corrected chi connectivity index (χ3v) is 2.65. The minimum atomic E-state index is -1.41. The summed E-state index contributed by atoms with van der Waals surface area (Å²) in [5.74, 6) is -0.433. The van der Waals surface area contributed by atoms with E-state index in [2.05, 4.69) is 5.32 Å². The zero-order chi connectivity index (χ0) is 14.9. The molecule has 0 aliphatic carbocycles. The number of ether oxygens (including phenoxy) is 1. The van der Waals surface area contributed by atoms with Gasteiger partial charge in [0.15, 0.2) is 0 Å². The fraction of sp³-hybridized carbons (Fsp3) is 0.833. The molecule has 0 aromatic carbocycles. The van der Waals surface area contributed by atoms with Gasteiger partial charge in [-0.3, -0.25) is 4.79 Å². The second-order valence-corrected chi connectivity index (χ2v) is 5.08. The number of hydrogen-bond acceptors (Lipinski definition) is 6. The predicted molar refractivity (Wildman–Crippen MR) is 70.2 cm³/mol. The van der Waals surface area contributed by atoms with Crippen molar-refractivity contribution < 1.29 is 24.9 Å². The lowest BCUT2D eigenvalue weighted by atomic mass is 10.00. The fourth-order valence-electron chi connectivity index (χ4n) is 1.44. The number of carbonyl (C=O) groups is 1. The molecule has 0 heterocycles. The number of aliphatic hydroxyl groups excluding tert-OH is 3. The van der Waals surface area contributed by atoms with Gasteiger partial charge in [0.2, 0.25) is 5.91 Å². The van der Waals surface area contributed by atoms with Crippen molar-refractivity contribution in [1.29, 1.82) is 5.41 Å². The Labute approximate surface area is 113 Å². The maximum atomic E-state index is 11.8. The fourth-order valence-corrected chi connectivity index (χ4v) is 1.44. The second-order valence-electron chi connectivity index (χ2n) is 5.08. The Morgan fingerprint density at radius 2 is 1.79 bits per heavy atom. The summed E-state index contributed by atoms with van der Waals surface area (Å²) >= 11 is 0. The molecule has 1 amide bonds. The van der Waals surface area contributed by atoms with E-state index in [1.54, 1.807) is 13.8 Å². The van der Waals surface area contributed by atoms with Crippen LogP contribution in [0.2, 0.25) is 0 Å². The molecule has 0 aromatic heterocycles. The SMILES string of the molecule is CC(C)(CC(=O)NC(CO)(CO)CO)OCCC=N. The van der Waals surface area contributed by atoms with E-state index in [0.717, 1.165) is 0 Å². The zero-order valence-corrected chi connectivity index (χ0v) is 11.5. The van der Waals surface area contributed by atoms with E-state index in [1.165, 1.54) is 6.21 Å². The van der Waals surface area contributed by atoms with Gasteiger partial charge in [-0.15, -0.1) is 0 Å². The molecule has 0 fully saturated rings. The lowest BCUT2D eigenvalue weighted by molar-refractivity contribution is -0.131. The Morgan fingerprint density at radius 1 is 1.26 bits per heavy atom. The molecule has 0 radical (unpaired) electrons. The van der Waals surface area contributed by atoms with Gasteiger partial charge in [0.1, 0.15) is 5.54 Å². The highest BCUT2D eigenvalue weighted by Gasteiger charge is 2.32. The summed E-state index contributed by atoms with van der Waals surface area (Å²) in [6.07, 6.45) is 1.72. The number of carbonyl (C=O) groups excluding carboxylic acids is 1. The smallest absolute Gasteiger partial charge is 0.223 e. The number of nitrogens with one attached hydrogen (secondary N) is 2. The molecule has 0 aliphatic rings. The Kier molecular flexibility index (Phi) is 7.77. The van der Waals surface area contributed by atoms with Gasteiger partial charge in [0.05, 0.1) is 38.4 Å². The van der Waals surface area contributed by atoms with Crippen LogP contribution in [0.25, 0.3) is 0 Å². The molecule has 112 valence electrons. The summed E-state index contributed by atoms with van der Waals surface area (Å²) in [6, 6.07) is 0. The summed E-state index contributed by atoms with van der Waals surface area (Å²) < 4.78 is 5.46. The lowest BCUT2D eigenvalue weighted by Crippen LogP contribution is -2.57. The van der Waals surface area contributed by atoms with Gasteiger partial charge >= 0.3 is 0 Å². The van der Waals surface area contributed by atoms with Crippen LogP contribution in [0, 0.1) is 5.41 Å². The molecule has 7 nitrogen and oxygen atoms in total. The number of hydrogen-bond donors (Lipinski definition) is 5. The van der Waals surface area contributed by atoms with E-state index in [4.69, 9.17) is 25.5 Å². The van der Waals surface area contributed by atoms with Crippen LogP contribution in [0.5, 0.6) is 0 Å². The standard InChI is InChI=1S/C12H24N2O5/c1-11(2,19-5-3-4-13)6-10(18)14-12(7-15,8-16)9-17/h4,13,15-17H,3,5-9H2,1-2H3,(H,14,18). The van der Waals surface area contributed by atoms with Crippen molar-refractivity contribution in [2.75, 3.05) is 26.4 Å². The highest BCUT2D eigenvalue weighted by atomic mass is 16.5. The molecule has 0 bridgehead atoms. The average Bonchev–Trinajstić information content (AvgIpc) is 2.35. The second kappa shape index (κ2) is 8.21. The van der Waals surface area contributed by atoms with Crippen LogP contribution in [0.3, 0.4) is 0 Å². The van der Waals surface area contributed by atoms with Crippen molar-refractivity contribution in [2.24, 2.45) is 0 Å². The first kappa shape index (κ1) is 18.0. The molecule has 0 aromatic rings. The van der Waals surface area contributed by atoms with Crippen molar-refractivity contribution in [1.82, 2.24) is 5.32 Å². The molecule has 0 rings (SSSR count). The molecule has 5 N–H and O–H groups in total. The third kappa shape index (κ3) is 6.63. The molecule has 0 aliphatic heterocycles. The summed E-state index contributed by atoms with van der Waals surface area (Å²) in [5.41, 5.74) is -2.14. The van der Waals surface area contributed by atoms with E-state index in [-0.39, 0.29) is 6.42 Å². The van der Waals surface area contributed by atoms with E-state index in [0.29, 0.717) is 13.0 Å². The highest BCUT2D eigenvalue weighted by Crippen LogP contribution is 2.15. The molecular formula is C12H24N2O5. The van der Waals surface area contributed by atoms with Gasteiger partial charge in [-0.25, -0.2) is 0 Å². The van der Waals surface area contributed by atoms with Crippen molar-refractivity contribution in [3.63, 3.8) is 0 Å². The van der Waals surface area contributed by atoms with Gasteiger partial charge in [-0.05, 0) is 20.1 Å². The zero-order valence-electron chi connectivity index (χ0n) is 11.5. The van der Waals surface area contributed by atoms with Crippen LogP contribution in [0.4, 0.5) is 0 Å². The monoisotopic (exact) mass is 276 g/mol. The minimum Gasteiger partial charge on any atom is -0.394 e. The largest absolute Gasteiger partial charge is 0.394 e. The quantitative estimate of drug-likeness (QED) is 0.260. The molecule has 0 atom stereocenters. The van der Waals surface area contributed by atoms with Crippen LogP contribution in [-0.4, -0.2) is 65.0 Å². The average molecular weight is 276 g/mol. The summed E-state index contributed by atoms with van der Waals surface area (Å²) in [5, 5.41) is 36.6. The van der Waals surface area contributed by atoms with E-state index < -0.39 is 36.9 Å². The molecule has 19 heavy (non-hydrogen) atoms. The number of amides is 1. The normalized spacial score (nSPS) is 12.3. The maximum absolute atomic E-state index is 11.8. The number of rotatable bonds is 10. The van der Waals surface area contributed by atoms with Gasteiger partial charge in [-0.1, -0.05) is 0 Å². The molecule has 0 unspecified atom stereocenters. The first-order valence-electron chi connectivity index (χ1n) is 6.11. The Morgan fingerprint density at radius 3 is 2.21 bits per heavy atom. The molecule has 0 saturated heterocycles. The van der Waals surface area contributed by atoms with Crippen LogP contribution < -0.4 is 5.32 Å². The summed E-state index contributed by atoms with van der Waals surface area (Å²) in [4.78, 5) is 11.8.